The minimum absolute atomic E-state index is 0.644. The number of halogens is 2. The Morgan fingerprint density at radius 2 is 2.22 bits per heavy atom. The molecule has 0 N–H and O–H groups in total. The Morgan fingerprint density at radius 3 is 2.56 bits per heavy atom. The number of allylic oxidation sites excluding steroid dienone is 3. The van der Waals surface area contributed by atoms with Crippen LogP contribution in [0.2, 0.25) is 0 Å². The highest BCUT2D eigenvalue weighted by Crippen LogP contribution is 2.32. The van der Waals surface area contributed by atoms with Gasteiger partial charge in [0.05, 0.1) is 0 Å². The second-order valence-corrected chi connectivity index (χ2v) is 3.99. The zero-order valence-corrected chi connectivity index (χ0v) is 7.05. The first kappa shape index (κ1) is 7.52. The molecule has 0 fully saturated rings. The molecule has 0 atom stereocenters. The lowest BCUT2D eigenvalue weighted by atomic mass is 10.2. The molecule has 3 heteroatoms. The molecular weight excluding hydrogens is 175 g/mol. The molecule has 9 heavy (non-hydrogen) atoms. The smallest absolute Gasteiger partial charge is 0.140 e. The number of hydrogen-bond acceptors (Lipinski definition) is 1. The zero-order valence-electron chi connectivity index (χ0n) is 4.64. The Kier molecular flexibility index (Phi) is 2.14. The van der Waals surface area contributed by atoms with Crippen molar-refractivity contribution in [3.63, 3.8) is 0 Å². The van der Waals surface area contributed by atoms with E-state index in [2.05, 4.69) is 12.6 Å². The van der Waals surface area contributed by atoms with E-state index in [1.54, 1.807) is 12.2 Å². The molecule has 0 bridgehead atoms. The molecule has 0 nitrogen and oxygen atoms in total. The lowest BCUT2D eigenvalue weighted by Gasteiger charge is -2.15. The van der Waals surface area contributed by atoms with Crippen molar-refractivity contribution in [2.45, 2.75) is 10.8 Å². The summed E-state index contributed by atoms with van der Waals surface area (Å²) in [5.74, 6) is 0. The van der Waals surface area contributed by atoms with Crippen molar-refractivity contribution in [3.05, 3.63) is 23.1 Å². The van der Waals surface area contributed by atoms with Crippen molar-refractivity contribution in [1.82, 2.24) is 0 Å². The average Bonchev–Trinajstić information content (AvgIpc) is 1.78. The van der Waals surface area contributed by atoms with Crippen molar-refractivity contribution in [2.24, 2.45) is 0 Å². The molecule has 0 heterocycles. The Balaban J connectivity index is 2.70. The second-order valence-electron chi connectivity index (χ2n) is 1.93. The molecule has 0 unspecified atom stereocenters. The maximum absolute atomic E-state index is 5.74. The highest BCUT2D eigenvalue weighted by molar-refractivity contribution is 7.84. The van der Waals surface area contributed by atoms with Crippen LogP contribution in [0.15, 0.2) is 23.1 Å². The van der Waals surface area contributed by atoms with Crippen LogP contribution in [0, 0.1) is 0 Å². The zero-order chi connectivity index (χ0) is 6.91. The third-order valence-electron chi connectivity index (χ3n) is 1.08. The SMILES string of the molecule is SC1=CCC(Cl)(Cl)C=C1. The van der Waals surface area contributed by atoms with E-state index >= 15 is 0 Å². The lowest BCUT2D eigenvalue weighted by Crippen LogP contribution is -2.08. The molecule has 0 radical (unpaired) electrons. The normalized spacial score (nSPS) is 23.7. The first-order valence-electron chi connectivity index (χ1n) is 2.56. The Morgan fingerprint density at radius 1 is 1.56 bits per heavy atom. The van der Waals surface area contributed by atoms with Crippen molar-refractivity contribution < 1.29 is 0 Å². The molecule has 1 aliphatic rings. The van der Waals surface area contributed by atoms with Gasteiger partial charge in [-0.3, -0.25) is 0 Å². The van der Waals surface area contributed by atoms with Gasteiger partial charge in [-0.1, -0.05) is 35.4 Å². The molecule has 0 spiro atoms. The summed E-state index contributed by atoms with van der Waals surface area (Å²) in [6.45, 7) is 0. The van der Waals surface area contributed by atoms with E-state index in [0.29, 0.717) is 6.42 Å². The maximum Gasteiger partial charge on any atom is 0.140 e. The highest BCUT2D eigenvalue weighted by atomic mass is 35.5. The largest absolute Gasteiger partial charge is 0.144 e. The van der Waals surface area contributed by atoms with Crippen molar-refractivity contribution in [3.8, 4) is 0 Å². The minimum atomic E-state index is -0.702. The molecule has 0 aromatic rings. The van der Waals surface area contributed by atoms with Gasteiger partial charge in [0.1, 0.15) is 4.33 Å². The first-order chi connectivity index (χ1) is 4.10. The average molecular weight is 181 g/mol. The highest BCUT2D eigenvalue weighted by Gasteiger charge is 2.20. The van der Waals surface area contributed by atoms with E-state index in [1.165, 1.54) is 0 Å². The third kappa shape index (κ3) is 2.24. The summed E-state index contributed by atoms with van der Waals surface area (Å²) >= 11 is 15.6. The van der Waals surface area contributed by atoms with Crippen LogP contribution in [0.25, 0.3) is 0 Å². The van der Waals surface area contributed by atoms with Gasteiger partial charge in [0.2, 0.25) is 0 Å². The lowest BCUT2D eigenvalue weighted by molar-refractivity contribution is 0.959. The number of alkyl halides is 2. The summed E-state index contributed by atoms with van der Waals surface area (Å²) in [6, 6.07) is 0. The van der Waals surface area contributed by atoms with Crippen LogP contribution in [-0.2, 0) is 0 Å². The van der Waals surface area contributed by atoms with Crippen LogP contribution in [0.4, 0.5) is 0 Å². The predicted octanol–water partition coefficient (Wildman–Crippen LogP) is 2.93. The van der Waals surface area contributed by atoms with E-state index in [4.69, 9.17) is 23.2 Å². The van der Waals surface area contributed by atoms with Crippen LogP contribution in [0.5, 0.6) is 0 Å². The summed E-state index contributed by atoms with van der Waals surface area (Å²) in [5.41, 5.74) is 0. The van der Waals surface area contributed by atoms with Gasteiger partial charge in [0, 0.05) is 6.42 Å². The molecule has 1 rings (SSSR count). The monoisotopic (exact) mass is 180 g/mol. The molecule has 0 aliphatic heterocycles. The molecule has 1 aliphatic carbocycles. The van der Waals surface area contributed by atoms with Crippen LogP contribution in [0.1, 0.15) is 6.42 Å². The predicted molar refractivity (Wildman–Crippen MR) is 45.3 cm³/mol. The fourth-order valence-electron chi connectivity index (χ4n) is 0.584. The van der Waals surface area contributed by atoms with Gasteiger partial charge in [-0.15, -0.1) is 12.6 Å². The molecule has 50 valence electrons. The molecule has 0 saturated heterocycles. The van der Waals surface area contributed by atoms with E-state index < -0.39 is 4.33 Å². The maximum atomic E-state index is 5.74. The second kappa shape index (κ2) is 2.57. The Bertz CT molecular complexity index is 170. The Labute approximate surface area is 69.9 Å². The first-order valence-corrected chi connectivity index (χ1v) is 3.77. The van der Waals surface area contributed by atoms with Gasteiger partial charge in [0.15, 0.2) is 0 Å². The minimum Gasteiger partial charge on any atom is -0.144 e. The molecule has 0 aromatic carbocycles. The summed E-state index contributed by atoms with van der Waals surface area (Å²) in [6.07, 6.45) is 6.07. The van der Waals surface area contributed by atoms with Gasteiger partial charge in [-0.05, 0) is 11.0 Å². The topological polar surface area (TPSA) is 0 Å². The number of thiol groups is 1. The molecule has 0 aromatic heterocycles. The fraction of sp³-hybridized carbons (Fsp3) is 0.333. The number of hydrogen-bond donors (Lipinski definition) is 1. The molecule has 0 amide bonds. The van der Waals surface area contributed by atoms with Crippen LogP contribution < -0.4 is 0 Å². The number of rotatable bonds is 0. The van der Waals surface area contributed by atoms with Gasteiger partial charge >= 0.3 is 0 Å². The fourth-order valence-corrected chi connectivity index (χ4v) is 1.03. The summed E-state index contributed by atoms with van der Waals surface area (Å²) < 4.78 is -0.702. The summed E-state index contributed by atoms with van der Waals surface area (Å²) in [7, 11) is 0. The van der Waals surface area contributed by atoms with Gasteiger partial charge in [-0.2, -0.15) is 0 Å². The van der Waals surface area contributed by atoms with E-state index in [-0.39, 0.29) is 0 Å². The summed E-state index contributed by atoms with van der Waals surface area (Å²) in [5, 5.41) is 0. The third-order valence-corrected chi connectivity index (χ3v) is 1.97. The van der Waals surface area contributed by atoms with E-state index in [0.717, 1.165) is 4.91 Å². The van der Waals surface area contributed by atoms with E-state index in [9.17, 15) is 0 Å². The molecular formula is C6H6Cl2S. The van der Waals surface area contributed by atoms with Gasteiger partial charge in [-0.25, -0.2) is 0 Å². The van der Waals surface area contributed by atoms with E-state index in [1.807, 2.05) is 6.08 Å². The van der Waals surface area contributed by atoms with Crippen LogP contribution in [0.3, 0.4) is 0 Å². The Hall–Kier alpha value is 0.410. The van der Waals surface area contributed by atoms with Crippen LogP contribution in [-0.4, -0.2) is 4.33 Å². The standard InChI is InChI=1S/C6H6Cl2S/c7-6(8)3-1-5(9)2-4-6/h1-3,9H,4H2. The van der Waals surface area contributed by atoms with Gasteiger partial charge in [0.25, 0.3) is 0 Å². The quantitative estimate of drug-likeness (QED) is 0.431. The molecule has 0 saturated carbocycles. The summed E-state index contributed by atoms with van der Waals surface area (Å²) in [4.78, 5) is 0.923. The van der Waals surface area contributed by atoms with Crippen LogP contribution >= 0.6 is 35.8 Å². The van der Waals surface area contributed by atoms with Crippen molar-refractivity contribution in [1.29, 1.82) is 0 Å². The van der Waals surface area contributed by atoms with Crippen molar-refractivity contribution >= 4 is 35.8 Å². The van der Waals surface area contributed by atoms with Crippen molar-refractivity contribution in [2.75, 3.05) is 0 Å². The van der Waals surface area contributed by atoms with Gasteiger partial charge < -0.3 is 0 Å².